The van der Waals surface area contributed by atoms with Gasteiger partial charge in [0.1, 0.15) is 17.5 Å². The van der Waals surface area contributed by atoms with Crippen molar-refractivity contribution in [3.63, 3.8) is 0 Å². The van der Waals surface area contributed by atoms with Crippen LogP contribution >= 0.6 is 0 Å². The van der Waals surface area contributed by atoms with Gasteiger partial charge in [-0.05, 0) is 43.9 Å². The molecule has 2 aliphatic carbocycles. The predicted octanol–water partition coefficient (Wildman–Crippen LogP) is 1.54. The molecule has 2 saturated carbocycles. The van der Waals surface area contributed by atoms with Crippen LogP contribution in [0.15, 0.2) is 24.3 Å². The van der Waals surface area contributed by atoms with Gasteiger partial charge in [-0.2, -0.15) is 0 Å². The van der Waals surface area contributed by atoms with Gasteiger partial charge in [0.2, 0.25) is 11.8 Å². The first-order chi connectivity index (χ1) is 15.0. The number of hydrogen-bond donors (Lipinski definition) is 1. The minimum Gasteiger partial charge on any atom is -0.497 e. The molecular formula is C23H29N3O5. The molecule has 4 aliphatic rings. The van der Waals surface area contributed by atoms with Crippen LogP contribution in [0.3, 0.4) is 0 Å². The molecule has 1 aromatic carbocycles. The van der Waals surface area contributed by atoms with Crippen molar-refractivity contribution in [1.29, 1.82) is 0 Å². The molecule has 0 aromatic heterocycles. The molecule has 1 N–H and O–H groups in total. The SMILES string of the molecule is COc1cccc(C(=O)N2[C@H](C(=O)NC3CC3)COC23CCN(C(=O)C2CC2)CC3)c1. The molecule has 4 fully saturated rings. The topological polar surface area (TPSA) is 88.2 Å². The molecule has 5 rings (SSSR count). The average molecular weight is 428 g/mol. The number of nitrogens with one attached hydrogen (secondary N) is 1. The second-order valence-corrected chi connectivity index (χ2v) is 9.06. The van der Waals surface area contributed by atoms with Crippen LogP contribution < -0.4 is 10.1 Å². The number of methoxy groups -OCH3 is 1. The highest BCUT2D eigenvalue weighted by molar-refractivity contribution is 5.99. The molecule has 2 saturated heterocycles. The van der Waals surface area contributed by atoms with Crippen LogP contribution in [-0.2, 0) is 14.3 Å². The van der Waals surface area contributed by atoms with Crippen LogP contribution in [0, 0.1) is 5.92 Å². The quantitative estimate of drug-likeness (QED) is 0.770. The second-order valence-electron chi connectivity index (χ2n) is 9.06. The molecule has 1 atom stereocenters. The van der Waals surface area contributed by atoms with Gasteiger partial charge >= 0.3 is 0 Å². The van der Waals surface area contributed by atoms with Crippen molar-refractivity contribution in [2.24, 2.45) is 5.92 Å². The largest absolute Gasteiger partial charge is 0.497 e. The van der Waals surface area contributed by atoms with E-state index in [-0.39, 0.29) is 36.3 Å². The summed E-state index contributed by atoms with van der Waals surface area (Å²) in [4.78, 5) is 42.7. The number of piperidine rings is 1. The molecule has 2 heterocycles. The monoisotopic (exact) mass is 427 g/mol. The highest BCUT2D eigenvalue weighted by Gasteiger charge is 2.55. The number of likely N-dealkylation sites (tertiary alicyclic amines) is 1. The maximum Gasteiger partial charge on any atom is 0.257 e. The standard InChI is InChI=1S/C23H29N3O5/c1-30-18-4-2-3-16(13-18)22(29)26-19(20(27)24-17-7-8-17)14-31-23(26)9-11-25(12-10-23)21(28)15-5-6-15/h2-4,13,15,17,19H,5-12,14H2,1H3,(H,24,27)/t19-/m0/s1. The van der Waals surface area contributed by atoms with Crippen molar-refractivity contribution in [3.05, 3.63) is 29.8 Å². The van der Waals surface area contributed by atoms with Gasteiger partial charge in [-0.15, -0.1) is 0 Å². The summed E-state index contributed by atoms with van der Waals surface area (Å²) < 4.78 is 11.5. The Labute approximate surface area is 181 Å². The van der Waals surface area contributed by atoms with Crippen molar-refractivity contribution in [3.8, 4) is 5.75 Å². The van der Waals surface area contributed by atoms with Crippen molar-refractivity contribution >= 4 is 17.7 Å². The van der Waals surface area contributed by atoms with E-state index in [4.69, 9.17) is 9.47 Å². The van der Waals surface area contributed by atoms with E-state index in [1.165, 1.54) is 0 Å². The lowest BCUT2D eigenvalue weighted by atomic mass is 9.96. The molecule has 2 aliphatic heterocycles. The van der Waals surface area contributed by atoms with Gasteiger partial charge in [0.05, 0.1) is 13.7 Å². The highest BCUT2D eigenvalue weighted by Crippen LogP contribution is 2.40. The summed E-state index contributed by atoms with van der Waals surface area (Å²) in [6, 6.07) is 6.51. The van der Waals surface area contributed by atoms with E-state index in [0.717, 1.165) is 25.7 Å². The van der Waals surface area contributed by atoms with Gasteiger partial charge in [0.25, 0.3) is 5.91 Å². The van der Waals surface area contributed by atoms with Gasteiger partial charge in [-0.1, -0.05) is 6.07 Å². The zero-order valence-corrected chi connectivity index (χ0v) is 17.8. The fourth-order valence-corrected chi connectivity index (χ4v) is 4.65. The maximum atomic E-state index is 13.7. The number of carbonyl (C=O) groups is 3. The maximum absolute atomic E-state index is 13.7. The second kappa shape index (κ2) is 7.82. The fourth-order valence-electron chi connectivity index (χ4n) is 4.65. The summed E-state index contributed by atoms with van der Waals surface area (Å²) >= 11 is 0. The summed E-state index contributed by atoms with van der Waals surface area (Å²) in [6.45, 7) is 1.24. The van der Waals surface area contributed by atoms with Crippen molar-refractivity contribution < 1.29 is 23.9 Å². The van der Waals surface area contributed by atoms with Crippen LogP contribution in [0.2, 0.25) is 0 Å². The number of ether oxygens (including phenoxy) is 2. The molecule has 166 valence electrons. The Morgan fingerprint density at radius 2 is 1.87 bits per heavy atom. The molecule has 0 bridgehead atoms. The summed E-state index contributed by atoms with van der Waals surface area (Å²) in [5.74, 6) is 0.567. The first kappa shape index (κ1) is 20.3. The van der Waals surface area contributed by atoms with E-state index < -0.39 is 11.8 Å². The number of nitrogens with zero attached hydrogens (tertiary/aromatic N) is 2. The van der Waals surface area contributed by atoms with E-state index >= 15 is 0 Å². The van der Waals surface area contributed by atoms with Crippen LogP contribution in [0.4, 0.5) is 0 Å². The molecule has 1 spiro atoms. The molecule has 0 radical (unpaired) electrons. The van der Waals surface area contributed by atoms with Gasteiger partial charge in [-0.25, -0.2) is 0 Å². The minimum atomic E-state index is -0.869. The van der Waals surface area contributed by atoms with Crippen molar-refractivity contribution in [2.75, 3.05) is 26.8 Å². The first-order valence-corrected chi connectivity index (χ1v) is 11.2. The molecule has 1 aromatic rings. The summed E-state index contributed by atoms with van der Waals surface area (Å²) in [6.07, 6.45) is 4.92. The van der Waals surface area contributed by atoms with Crippen molar-refractivity contribution in [2.45, 2.75) is 56.3 Å². The zero-order valence-electron chi connectivity index (χ0n) is 17.8. The number of carbonyl (C=O) groups excluding carboxylic acids is 3. The lowest BCUT2D eigenvalue weighted by molar-refractivity contribution is -0.144. The Morgan fingerprint density at radius 1 is 1.13 bits per heavy atom. The number of hydrogen-bond acceptors (Lipinski definition) is 5. The third-order valence-corrected chi connectivity index (χ3v) is 6.81. The summed E-state index contributed by atoms with van der Waals surface area (Å²) in [5, 5.41) is 3.02. The Balaban J connectivity index is 1.40. The lowest BCUT2D eigenvalue weighted by Gasteiger charge is -2.44. The van der Waals surface area contributed by atoms with Gasteiger partial charge < -0.3 is 19.7 Å². The molecule has 8 nitrogen and oxygen atoms in total. The summed E-state index contributed by atoms with van der Waals surface area (Å²) in [5.41, 5.74) is -0.406. The van der Waals surface area contributed by atoms with E-state index in [2.05, 4.69) is 5.32 Å². The third kappa shape index (κ3) is 3.89. The van der Waals surface area contributed by atoms with Crippen LogP contribution in [0.1, 0.15) is 48.9 Å². The van der Waals surface area contributed by atoms with E-state index in [0.29, 0.717) is 37.2 Å². The molecular weight excluding hydrogens is 398 g/mol. The molecule has 8 heteroatoms. The smallest absolute Gasteiger partial charge is 0.257 e. The Hall–Kier alpha value is -2.61. The number of rotatable bonds is 5. The van der Waals surface area contributed by atoms with Crippen LogP contribution in [0.5, 0.6) is 5.75 Å². The highest BCUT2D eigenvalue weighted by atomic mass is 16.5. The fraction of sp³-hybridized carbons (Fsp3) is 0.609. The van der Waals surface area contributed by atoms with E-state index in [9.17, 15) is 14.4 Å². The Morgan fingerprint density at radius 3 is 2.52 bits per heavy atom. The molecule has 31 heavy (non-hydrogen) atoms. The molecule has 0 unspecified atom stereocenters. The van der Waals surface area contributed by atoms with Gasteiger partial charge in [-0.3, -0.25) is 19.3 Å². The molecule has 3 amide bonds. The first-order valence-electron chi connectivity index (χ1n) is 11.2. The summed E-state index contributed by atoms with van der Waals surface area (Å²) in [7, 11) is 1.56. The third-order valence-electron chi connectivity index (χ3n) is 6.81. The Kier molecular flexibility index (Phi) is 5.12. The average Bonchev–Trinajstić information content (AvgIpc) is 3.72. The number of amides is 3. The van der Waals surface area contributed by atoms with E-state index in [1.807, 2.05) is 4.90 Å². The Bertz CT molecular complexity index is 887. The van der Waals surface area contributed by atoms with Crippen LogP contribution in [0.25, 0.3) is 0 Å². The van der Waals surface area contributed by atoms with E-state index in [1.54, 1.807) is 36.3 Å². The van der Waals surface area contributed by atoms with Crippen molar-refractivity contribution in [1.82, 2.24) is 15.1 Å². The van der Waals surface area contributed by atoms with Gasteiger partial charge in [0, 0.05) is 43.5 Å². The normalized spacial score (nSPS) is 24.9. The number of benzene rings is 1. The minimum absolute atomic E-state index is 0.160. The van der Waals surface area contributed by atoms with Gasteiger partial charge in [0.15, 0.2) is 0 Å². The predicted molar refractivity (Wildman–Crippen MR) is 111 cm³/mol. The lowest BCUT2D eigenvalue weighted by Crippen LogP contribution is -2.60. The zero-order chi connectivity index (χ0) is 21.6. The van der Waals surface area contributed by atoms with Crippen LogP contribution in [-0.4, -0.2) is 72.1 Å².